The Morgan fingerprint density at radius 1 is 1.08 bits per heavy atom. The number of fused-ring (bicyclic) bond motifs is 1. The van der Waals surface area contributed by atoms with Crippen LogP contribution in [-0.2, 0) is 17.7 Å². The molecule has 2 aliphatic rings. The Morgan fingerprint density at radius 2 is 1.88 bits per heavy atom. The lowest BCUT2D eigenvalue weighted by atomic mass is 9.71. The van der Waals surface area contributed by atoms with Gasteiger partial charge in [-0.2, -0.15) is 0 Å². The van der Waals surface area contributed by atoms with Crippen LogP contribution in [0.5, 0.6) is 0 Å². The van der Waals surface area contributed by atoms with Crippen LogP contribution in [0.4, 0.5) is 5.69 Å². The fourth-order valence-electron chi connectivity index (χ4n) is 3.70. The summed E-state index contributed by atoms with van der Waals surface area (Å²) in [5.41, 5.74) is 3.53. The van der Waals surface area contributed by atoms with E-state index >= 15 is 0 Å². The average Bonchev–Trinajstić information content (AvgIpc) is 2.62. The van der Waals surface area contributed by atoms with Crippen molar-refractivity contribution in [3.8, 4) is 0 Å². The van der Waals surface area contributed by atoms with Crippen LogP contribution in [0.1, 0.15) is 24.0 Å². The summed E-state index contributed by atoms with van der Waals surface area (Å²) >= 11 is 12.3. The molecule has 130 valence electrons. The molecular formula is C20H20Cl2N2O. The van der Waals surface area contributed by atoms with Crippen molar-refractivity contribution < 1.29 is 4.74 Å². The summed E-state index contributed by atoms with van der Waals surface area (Å²) in [6.07, 6.45) is 2.98. The van der Waals surface area contributed by atoms with Crippen LogP contribution in [0.2, 0.25) is 10.0 Å². The van der Waals surface area contributed by atoms with Crippen LogP contribution in [0.15, 0.2) is 47.5 Å². The van der Waals surface area contributed by atoms with Crippen LogP contribution in [0, 0.1) is 5.41 Å². The molecule has 1 fully saturated rings. The molecule has 0 bridgehead atoms. The summed E-state index contributed by atoms with van der Waals surface area (Å²) < 4.78 is 5.61. The fraction of sp³-hybridized carbons (Fsp3) is 0.350. The van der Waals surface area contributed by atoms with Crippen molar-refractivity contribution in [2.45, 2.75) is 25.8 Å². The van der Waals surface area contributed by atoms with Crippen LogP contribution in [0.25, 0.3) is 0 Å². The van der Waals surface area contributed by atoms with Crippen LogP contribution >= 0.6 is 23.2 Å². The topological polar surface area (TPSA) is 33.6 Å². The molecule has 3 nitrogen and oxygen atoms in total. The molecule has 2 heterocycles. The van der Waals surface area contributed by atoms with E-state index in [1.807, 2.05) is 12.1 Å². The number of rotatable bonds is 2. The lowest BCUT2D eigenvalue weighted by Crippen LogP contribution is -2.45. The Kier molecular flexibility index (Phi) is 4.72. The van der Waals surface area contributed by atoms with E-state index in [-0.39, 0.29) is 5.41 Å². The maximum Gasteiger partial charge on any atom is 0.108 e. The number of hydrogen-bond acceptors (Lipinski definition) is 2. The lowest BCUT2D eigenvalue weighted by Gasteiger charge is -2.42. The van der Waals surface area contributed by atoms with Crippen molar-refractivity contribution in [3.63, 3.8) is 0 Å². The minimum atomic E-state index is 0.0332. The number of para-hydroxylation sites is 1. The summed E-state index contributed by atoms with van der Waals surface area (Å²) in [4.78, 5) is 4.94. The quantitative estimate of drug-likeness (QED) is 0.767. The summed E-state index contributed by atoms with van der Waals surface area (Å²) in [6.45, 7) is 2.11. The second kappa shape index (κ2) is 6.99. The molecule has 0 aromatic heterocycles. The lowest BCUT2D eigenvalue weighted by molar-refractivity contribution is 0.0448. The van der Waals surface area contributed by atoms with Gasteiger partial charge in [-0.25, -0.2) is 0 Å². The standard InChI is InChI=1S/C20H20Cl2N2O/c21-16-6-5-15(17(22)11-16)13-23-19-20(7-9-25-10-8-20)12-14-3-1-2-4-18(14)24-19/h1-6,11H,7-10,12-13H2,(H,23,24). The third-order valence-electron chi connectivity index (χ3n) is 5.17. The van der Waals surface area contributed by atoms with Gasteiger partial charge in [-0.05, 0) is 48.6 Å². The number of halogens is 2. The molecule has 25 heavy (non-hydrogen) atoms. The molecule has 2 aromatic carbocycles. The highest BCUT2D eigenvalue weighted by Crippen LogP contribution is 2.41. The van der Waals surface area contributed by atoms with Gasteiger partial charge in [-0.3, -0.25) is 4.99 Å². The van der Waals surface area contributed by atoms with Gasteiger partial charge < -0.3 is 10.1 Å². The first kappa shape index (κ1) is 16.9. The van der Waals surface area contributed by atoms with E-state index in [0.29, 0.717) is 16.6 Å². The van der Waals surface area contributed by atoms with Crippen molar-refractivity contribution in [1.82, 2.24) is 0 Å². The van der Waals surface area contributed by atoms with Crippen LogP contribution in [-0.4, -0.2) is 19.0 Å². The summed E-state index contributed by atoms with van der Waals surface area (Å²) in [5, 5.41) is 4.89. The molecule has 1 N–H and O–H groups in total. The zero-order valence-electron chi connectivity index (χ0n) is 13.9. The van der Waals surface area contributed by atoms with Gasteiger partial charge in [-0.15, -0.1) is 0 Å². The fourth-order valence-corrected chi connectivity index (χ4v) is 4.17. The first-order valence-electron chi connectivity index (χ1n) is 8.58. The maximum absolute atomic E-state index is 6.31. The van der Waals surface area contributed by atoms with Crippen molar-refractivity contribution in [1.29, 1.82) is 0 Å². The summed E-state index contributed by atoms with van der Waals surface area (Å²) in [6, 6.07) is 14.1. The molecular weight excluding hydrogens is 355 g/mol. The average molecular weight is 375 g/mol. The van der Waals surface area contributed by atoms with Gasteiger partial charge in [0.1, 0.15) is 5.84 Å². The molecule has 2 aromatic rings. The maximum atomic E-state index is 6.31. The zero-order chi connectivity index (χ0) is 17.3. The van der Waals surface area contributed by atoms with Crippen molar-refractivity contribution >= 4 is 34.7 Å². The van der Waals surface area contributed by atoms with Gasteiger partial charge in [0.15, 0.2) is 0 Å². The Bertz CT molecular complexity index is 813. The molecule has 1 saturated heterocycles. The molecule has 0 atom stereocenters. The van der Waals surface area contributed by atoms with Gasteiger partial charge >= 0.3 is 0 Å². The first-order chi connectivity index (χ1) is 12.2. The van der Waals surface area contributed by atoms with Gasteiger partial charge in [0.25, 0.3) is 0 Å². The number of nitrogens with one attached hydrogen (secondary N) is 1. The van der Waals surface area contributed by atoms with Crippen LogP contribution < -0.4 is 5.32 Å². The molecule has 2 aliphatic heterocycles. The molecule has 1 spiro atoms. The highest BCUT2D eigenvalue weighted by Gasteiger charge is 2.41. The smallest absolute Gasteiger partial charge is 0.108 e. The molecule has 0 radical (unpaired) electrons. The van der Waals surface area contributed by atoms with E-state index in [2.05, 4.69) is 29.6 Å². The van der Waals surface area contributed by atoms with Crippen molar-refractivity contribution in [2.24, 2.45) is 10.4 Å². The summed E-state index contributed by atoms with van der Waals surface area (Å²) in [5.74, 6) is 1.06. The number of nitrogens with zero attached hydrogens (tertiary/aromatic N) is 1. The Morgan fingerprint density at radius 3 is 2.68 bits per heavy atom. The molecule has 5 heteroatoms. The predicted molar refractivity (Wildman–Crippen MR) is 104 cm³/mol. The molecule has 0 amide bonds. The number of anilines is 1. The number of hydrogen-bond donors (Lipinski definition) is 1. The second-order valence-corrected chi connectivity index (χ2v) is 7.60. The van der Waals surface area contributed by atoms with Crippen molar-refractivity contribution in [3.05, 3.63) is 63.6 Å². The van der Waals surface area contributed by atoms with E-state index in [9.17, 15) is 0 Å². The largest absolute Gasteiger partial charge is 0.381 e. The highest BCUT2D eigenvalue weighted by molar-refractivity contribution is 6.35. The van der Waals surface area contributed by atoms with E-state index < -0.39 is 0 Å². The van der Waals surface area contributed by atoms with Gasteiger partial charge in [0.05, 0.1) is 6.54 Å². The van der Waals surface area contributed by atoms with Gasteiger partial charge in [0.2, 0.25) is 0 Å². The number of ether oxygens (including phenoxy) is 1. The van der Waals surface area contributed by atoms with Crippen LogP contribution in [0.3, 0.4) is 0 Å². The summed E-state index contributed by atoms with van der Waals surface area (Å²) in [7, 11) is 0. The van der Waals surface area contributed by atoms with Crippen molar-refractivity contribution in [2.75, 3.05) is 18.5 Å². The predicted octanol–water partition coefficient (Wildman–Crippen LogP) is 5.36. The zero-order valence-corrected chi connectivity index (χ0v) is 15.4. The highest BCUT2D eigenvalue weighted by atomic mass is 35.5. The molecule has 4 rings (SSSR count). The Balaban J connectivity index is 1.67. The Hall–Kier alpha value is -1.55. The SMILES string of the molecule is Clc1ccc(CN=C2Nc3ccccc3CC23CCOCC3)c(Cl)c1. The molecule has 0 aliphatic carbocycles. The van der Waals surface area contributed by atoms with E-state index in [4.69, 9.17) is 32.9 Å². The van der Waals surface area contributed by atoms with E-state index in [1.165, 1.54) is 5.56 Å². The third kappa shape index (κ3) is 3.41. The Labute approximate surface area is 158 Å². The molecule has 0 unspecified atom stereocenters. The number of aliphatic imine (C=N–C) groups is 1. The van der Waals surface area contributed by atoms with E-state index in [0.717, 1.165) is 49.6 Å². The normalized spacial score (nSPS) is 20.3. The second-order valence-electron chi connectivity index (χ2n) is 6.75. The van der Waals surface area contributed by atoms with E-state index in [1.54, 1.807) is 6.07 Å². The minimum Gasteiger partial charge on any atom is -0.381 e. The van der Waals surface area contributed by atoms with Gasteiger partial charge in [0, 0.05) is 34.4 Å². The number of benzene rings is 2. The monoisotopic (exact) mass is 374 g/mol. The number of amidine groups is 1. The van der Waals surface area contributed by atoms with Gasteiger partial charge in [-0.1, -0.05) is 47.5 Å². The third-order valence-corrected chi connectivity index (χ3v) is 5.76. The minimum absolute atomic E-state index is 0.0332. The first-order valence-corrected chi connectivity index (χ1v) is 9.33. The molecule has 0 saturated carbocycles.